The van der Waals surface area contributed by atoms with E-state index in [0.717, 1.165) is 30.7 Å². The van der Waals surface area contributed by atoms with E-state index >= 15 is 0 Å². The smallest absolute Gasteiger partial charge is 0.261 e. The van der Waals surface area contributed by atoms with E-state index in [0.29, 0.717) is 11.8 Å². The van der Waals surface area contributed by atoms with Crippen LogP contribution in [-0.4, -0.2) is 18.3 Å². The molecule has 1 aromatic heterocycles. The first-order valence-electron chi connectivity index (χ1n) is 6.49. The minimum atomic E-state index is 0.0480. The molecule has 4 heteroatoms. The first-order chi connectivity index (χ1) is 8.58. The van der Waals surface area contributed by atoms with Gasteiger partial charge in [0.05, 0.1) is 4.88 Å². The minimum Gasteiger partial charge on any atom is -0.351 e. The number of nitrogens with one attached hydrogen (secondary N) is 1. The molecule has 0 fully saturated rings. The number of aryl methyl sites for hydroxylation is 2. The number of hydrogen-bond acceptors (Lipinski definition) is 2. The minimum absolute atomic E-state index is 0.0480. The number of carbonyl (C=O) groups excluding carboxylic acids is 1. The van der Waals surface area contributed by atoms with Crippen LogP contribution < -0.4 is 5.32 Å². The van der Waals surface area contributed by atoms with Crippen molar-refractivity contribution in [1.82, 2.24) is 5.32 Å². The van der Waals surface area contributed by atoms with Crippen molar-refractivity contribution >= 4 is 28.8 Å². The Morgan fingerprint density at radius 3 is 2.67 bits per heavy atom. The van der Waals surface area contributed by atoms with Gasteiger partial charge in [-0.3, -0.25) is 4.79 Å². The van der Waals surface area contributed by atoms with Crippen LogP contribution in [0.2, 0.25) is 0 Å². The maximum Gasteiger partial charge on any atom is 0.261 e. The van der Waals surface area contributed by atoms with Crippen molar-refractivity contribution in [3.8, 4) is 0 Å². The highest BCUT2D eigenvalue weighted by molar-refractivity contribution is 7.14. The number of alkyl halides is 1. The Hall–Kier alpha value is -0.540. The fourth-order valence-electron chi connectivity index (χ4n) is 1.92. The number of amides is 1. The first kappa shape index (κ1) is 15.5. The molecular formula is C14H22ClNOS. The van der Waals surface area contributed by atoms with Gasteiger partial charge in [0.1, 0.15) is 0 Å². The standard InChI is InChI=1S/C14H22ClNOS/c1-4-5-12(6-7-15)9-16-14(17)13-8-10(2)11(3)18-13/h8,12H,4-7,9H2,1-3H3,(H,16,17). The van der Waals surface area contributed by atoms with Gasteiger partial charge in [-0.1, -0.05) is 13.3 Å². The summed E-state index contributed by atoms with van der Waals surface area (Å²) in [7, 11) is 0. The Labute approximate surface area is 119 Å². The predicted molar refractivity (Wildman–Crippen MR) is 79.9 cm³/mol. The molecule has 0 saturated carbocycles. The number of halogens is 1. The molecule has 0 spiro atoms. The third-order valence-corrected chi connectivity index (χ3v) is 4.52. The van der Waals surface area contributed by atoms with Crippen molar-refractivity contribution in [2.45, 2.75) is 40.0 Å². The average Bonchev–Trinajstić information content (AvgIpc) is 2.67. The molecule has 1 aromatic rings. The summed E-state index contributed by atoms with van der Waals surface area (Å²) in [5.74, 6) is 1.21. The lowest BCUT2D eigenvalue weighted by atomic mass is 10.0. The molecule has 2 nitrogen and oxygen atoms in total. The van der Waals surface area contributed by atoms with Crippen LogP contribution >= 0.6 is 22.9 Å². The molecule has 0 bridgehead atoms. The summed E-state index contributed by atoms with van der Waals surface area (Å²) in [6.07, 6.45) is 3.22. The van der Waals surface area contributed by atoms with E-state index in [9.17, 15) is 4.79 Å². The van der Waals surface area contributed by atoms with Gasteiger partial charge in [-0.25, -0.2) is 0 Å². The Kier molecular flexibility index (Phi) is 6.72. The zero-order valence-corrected chi connectivity index (χ0v) is 13.0. The van der Waals surface area contributed by atoms with Crippen molar-refractivity contribution in [3.05, 3.63) is 21.4 Å². The highest BCUT2D eigenvalue weighted by atomic mass is 35.5. The zero-order valence-electron chi connectivity index (χ0n) is 11.4. The lowest BCUT2D eigenvalue weighted by Crippen LogP contribution is -2.29. The molecule has 1 rings (SSSR count). The molecule has 18 heavy (non-hydrogen) atoms. The van der Waals surface area contributed by atoms with Gasteiger partial charge in [-0.2, -0.15) is 0 Å². The molecule has 0 aliphatic carbocycles. The van der Waals surface area contributed by atoms with Gasteiger partial charge in [0.2, 0.25) is 0 Å². The molecule has 0 aliphatic heterocycles. The third kappa shape index (κ3) is 4.62. The van der Waals surface area contributed by atoms with Crippen LogP contribution in [0.1, 0.15) is 46.3 Å². The summed E-state index contributed by atoms with van der Waals surface area (Å²) in [5.41, 5.74) is 1.19. The van der Waals surface area contributed by atoms with Crippen molar-refractivity contribution in [3.63, 3.8) is 0 Å². The molecular weight excluding hydrogens is 266 g/mol. The molecule has 1 atom stereocenters. The largest absolute Gasteiger partial charge is 0.351 e. The van der Waals surface area contributed by atoms with Crippen LogP contribution in [0.15, 0.2) is 6.07 Å². The van der Waals surface area contributed by atoms with Crippen LogP contribution in [0, 0.1) is 19.8 Å². The summed E-state index contributed by atoms with van der Waals surface area (Å²) >= 11 is 7.34. The van der Waals surface area contributed by atoms with Crippen LogP contribution in [0.25, 0.3) is 0 Å². The van der Waals surface area contributed by atoms with Gasteiger partial charge in [0.25, 0.3) is 5.91 Å². The lowest BCUT2D eigenvalue weighted by Gasteiger charge is -2.15. The van der Waals surface area contributed by atoms with Crippen molar-refractivity contribution < 1.29 is 4.79 Å². The zero-order chi connectivity index (χ0) is 13.5. The van der Waals surface area contributed by atoms with Gasteiger partial charge in [-0.05, 0) is 44.2 Å². The van der Waals surface area contributed by atoms with E-state index < -0.39 is 0 Å². The summed E-state index contributed by atoms with van der Waals surface area (Å²) < 4.78 is 0. The van der Waals surface area contributed by atoms with Crippen LogP contribution in [0.3, 0.4) is 0 Å². The number of thiophene rings is 1. The Balaban J connectivity index is 2.48. The number of carbonyl (C=O) groups is 1. The second kappa shape index (κ2) is 7.80. The van der Waals surface area contributed by atoms with Crippen LogP contribution in [0.5, 0.6) is 0 Å². The van der Waals surface area contributed by atoms with Gasteiger partial charge < -0.3 is 5.32 Å². The predicted octanol–water partition coefficient (Wildman–Crippen LogP) is 4.14. The Bertz CT molecular complexity index is 364. The molecule has 0 aliphatic rings. The molecule has 1 unspecified atom stereocenters. The van der Waals surface area contributed by atoms with Gasteiger partial charge in [0, 0.05) is 17.3 Å². The highest BCUT2D eigenvalue weighted by Gasteiger charge is 2.13. The van der Waals surface area contributed by atoms with Crippen LogP contribution in [0.4, 0.5) is 0 Å². The van der Waals surface area contributed by atoms with Crippen molar-refractivity contribution in [1.29, 1.82) is 0 Å². The van der Waals surface area contributed by atoms with E-state index in [-0.39, 0.29) is 5.91 Å². The molecule has 1 amide bonds. The third-order valence-electron chi connectivity index (χ3n) is 3.16. The molecule has 0 aromatic carbocycles. The highest BCUT2D eigenvalue weighted by Crippen LogP contribution is 2.20. The summed E-state index contributed by atoms with van der Waals surface area (Å²) in [4.78, 5) is 14.0. The fraction of sp³-hybridized carbons (Fsp3) is 0.643. The molecule has 102 valence electrons. The van der Waals surface area contributed by atoms with Crippen molar-refractivity contribution in [2.24, 2.45) is 5.92 Å². The maximum atomic E-state index is 12.0. The molecule has 1 N–H and O–H groups in total. The average molecular weight is 288 g/mol. The van der Waals surface area contributed by atoms with E-state index in [1.165, 1.54) is 10.4 Å². The maximum absolute atomic E-state index is 12.0. The normalized spacial score (nSPS) is 12.4. The fourth-order valence-corrected chi connectivity index (χ4v) is 3.18. The monoisotopic (exact) mass is 287 g/mol. The van der Waals surface area contributed by atoms with Crippen molar-refractivity contribution in [2.75, 3.05) is 12.4 Å². The lowest BCUT2D eigenvalue weighted by molar-refractivity contribution is 0.0950. The van der Waals surface area contributed by atoms with E-state index in [1.54, 1.807) is 11.3 Å². The molecule has 0 radical (unpaired) electrons. The second-order valence-corrected chi connectivity index (χ2v) is 6.33. The van der Waals surface area contributed by atoms with E-state index in [4.69, 9.17) is 11.6 Å². The summed E-state index contributed by atoms with van der Waals surface area (Å²) in [6, 6.07) is 1.96. The van der Waals surface area contributed by atoms with Crippen LogP contribution in [-0.2, 0) is 0 Å². The number of hydrogen-bond donors (Lipinski definition) is 1. The van der Waals surface area contributed by atoms with Gasteiger partial charge in [-0.15, -0.1) is 22.9 Å². The summed E-state index contributed by atoms with van der Waals surface area (Å²) in [6.45, 7) is 6.98. The van der Waals surface area contributed by atoms with Gasteiger partial charge in [0.15, 0.2) is 0 Å². The second-order valence-electron chi connectivity index (χ2n) is 4.69. The Morgan fingerprint density at radius 2 is 2.17 bits per heavy atom. The first-order valence-corrected chi connectivity index (χ1v) is 7.84. The topological polar surface area (TPSA) is 29.1 Å². The Morgan fingerprint density at radius 1 is 1.44 bits per heavy atom. The van der Waals surface area contributed by atoms with E-state index in [2.05, 4.69) is 12.2 Å². The van der Waals surface area contributed by atoms with Gasteiger partial charge >= 0.3 is 0 Å². The number of rotatable bonds is 7. The quantitative estimate of drug-likeness (QED) is 0.750. The molecule has 1 heterocycles. The summed E-state index contributed by atoms with van der Waals surface area (Å²) in [5, 5.41) is 3.02. The van der Waals surface area contributed by atoms with E-state index in [1.807, 2.05) is 19.9 Å². The molecule has 0 saturated heterocycles. The SMILES string of the molecule is CCCC(CCCl)CNC(=O)c1cc(C)c(C)s1.